The quantitative estimate of drug-likeness (QED) is 0.791. The van der Waals surface area contributed by atoms with E-state index in [1.165, 1.54) is 0 Å². The van der Waals surface area contributed by atoms with E-state index in [1.807, 2.05) is 44.2 Å². The summed E-state index contributed by atoms with van der Waals surface area (Å²) >= 11 is 0. The molecule has 2 aromatic carbocycles. The lowest BCUT2D eigenvalue weighted by atomic mass is 10.1. The van der Waals surface area contributed by atoms with Crippen LogP contribution in [0.3, 0.4) is 0 Å². The van der Waals surface area contributed by atoms with E-state index in [0.29, 0.717) is 13.2 Å². The first-order valence-corrected chi connectivity index (χ1v) is 7.78. The number of anilines is 1. The van der Waals surface area contributed by atoms with Crippen LogP contribution in [0, 0.1) is 0 Å². The first kappa shape index (κ1) is 17.2. The molecule has 0 fully saturated rings. The number of rotatable bonds is 8. The molecule has 0 heterocycles. The Morgan fingerprint density at radius 3 is 2.48 bits per heavy atom. The summed E-state index contributed by atoms with van der Waals surface area (Å²) in [6, 6.07) is 14.2. The van der Waals surface area contributed by atoms with Crippen LogP contribution in [0.2, 0.25) is 0 Å². The Kier molecular flexibility index (Phi) is 6.29. The van der Waals surface area contributed by atoms with Gasteiger partial charge in [0, 0.05) is 24.9 Å². The molecule has 1 N–H and O–H groups in total. The Morgan fingerprint density at radius 1 is 1.00 bits per heavy atom. The predicted molar refractivity (Wildman–Crippen MR) is 93.2 cm³/mol. The van der Waals surface area contributed by atoms with Gasteiger partial charge in [-0.25, -0.2) is 0 Å². The van der Waals surface area contributed by atoms with Crippen LogP contribution in [0.25, 0.3) is 0 Å². The van der Waals surface area contributed by atoms with E-state index in [9.17, 15) is 0 Å². The monoisotopic (exact) mass is 315 g/mol. The number of hydrogen-bond donors (Lipinski definition) is 1. The Bertz CT molecular complexity index is 626. The number of para-hydroxylation sites is 1. The van der Waals surface area contributed by atoms with Crippen molar-refractivity contribution in [2.24, 2.45) is 0 Å². The van der Waals surface area contributed by atoms with Gasteiger partial charge in [0.1, 0.15) is 0 Å². The molecule has 0 atom stereocenters. The molecular weight excluding hydrogens is 290 g/mol. The maximum atomic E-state index is 5.74. The van der Waals surface area contributed by atoms with Gasteiger partial charge < -0.3 is 19.5 Å². The summed E-state index contributed by atoms with van der Waals surface area (Å²) in [5.41, 5.74) is 3.35. The molecule has 0 aliphatic rings. The lowest BCUT2D eigenvalue weighted by Crippen LogP contribution is -2.07. The molecule has 124 valence electrons. The van der Waals surface area contributed by atoms with E-state index in [2.05, 4.69) is 17.4 Å². The number of nitrogens with one attached hydrogen (secondary N) is 1. The summed E-state index contributed by atoms with van der Waals surface area (Å²) in [5.74, 6) is 1.52. The van der Waals surface area contributed by atoms with E-state index in [0.717, 1.165) is 28.3 Å². The normalized spacial score (nSPS) is 10.7. The summed E-state index contributed by atoms with van der Waals surface area (Å²) in [4.78, 5) is 0. The summed E-state index contributed by atoms with van der Waals surface area (Å²) in [6.07, 6.45) is 0.119. The standard InChI is InChI=1S/C19H25NO3/c1-14(2)23-18-10-9-15(11-19(18)22-4)12-20-17-8-6-5-7-16(17)13-21-3/h5-11,14,20H,12-13H2,1-4H3. The summed E-state index contributed by atoms with van der Waals surface area (Å²) in [5, 5.41) is 3.45. The largest absolute Gasteiger partial charge is 0.493 e. The van der Waals surface area contributed by atoms with E-state index in [-0.39, 0.29) is 6.10 Å². The van der Waals surface area contributed by atoms with Crippen molar-refractivity contribution >= 4 is 5.69 Å². The van der Waals surface area contributed by atoms with Crippen molar-refractivity contribution in [1.82, 2.24) is 0 Å². The van der Waals surface area contributed by atoms with Crippen LogP contribution < -0.4 is 14.8 Å². The van der Waals surface area contributed by atoms with Gasteiger partial charge in [-0.1, -0.05) is 24.3 Å². The maximum absolute atomic E-state index is 5.74. The van der Waals surface area contributed by atoms with Crippen molar-refractivity contribution < 1.29 is 14.2 Å². The minimum absolute atomic E-state index is 0.119. The molecule has 0 radical (unpaired) electrons. The van der Waals surface area contributed by atoms with Crippen molar-refractivity contribution in [3.63, 3.8) is 0 Å². The molecule has 0 spiro atoms. The SMILES string of the molecule is COCc1ccccc1NCc1ccc(OC(C)C)c(OC)c1. The molecule has 0 aromatic heterocycles. The van der Waals surface area contributed by atoms with Crippen molar-refractivity contribution in [3.8, 4) is 11.5 Å². The van der Waals surface area contributed by atoms with Gasteiger partial charge in [-0.15, -0.1) is 0 Å². The number of ether oxygens (including phenoxy) is 3. The van der Waals surface area contributed by atoms with Gasteiger partial charge in [-0.2, -0.15) is 0 Å². The predicted octanol–water partition coefficient (Wildman–Crippen LogP) is 4.24. The van der Waals surface area contributed by atoms with Gasteiger partial charge in [0.2, 0.25) is 0 Å². The maximum Gasteiger partial charge on any atom is 0.161 e. The highest BCUT2D eigenvalue weighted by Crippen LogP contribution is 2.29. The van der Waals surface area contributed by atoms with E-state index < -0.39 is 0 Å². The third-order valence-electron chi connectivity index (χ3n) is 3.39. The molecule has 0 saturated heterocycles. The highest BCUT2D eigenvalue weighted by Gasteiger charge is 2.08. The average molecular weight is 315 g/mol. The Hall–Kier alpha value is -2.20. The summed E-state index contributed by atoms with van der Waals surface area (Å²) in [7, 11) is 3.36. The number of benzene rings is 2. The summed E-state index contributed by atoms with van der Waals surface area (Å²) in [6.45, 7) is 5.30. The smallest absolute Gasteiger partial charge is 0.161 e. The van der Waals surface area contributed by atoms with Gasteiger partial charge >= 0.3 is 0 Å². The lowest BCUT2D eigenvalue weighted by molar-refractivity contribution is 0.185. The Morgan fingerprint density at radius 2 is 1.78 bits per heavy atom. The molecule has 0 aliphatic carbocycles. The summed E-state index contributed by atoms with van der Waals surface area (Å²) < 4.78 is 16.4. The van der Waals surface area contributed by atoms with Crippen LogP contribution in [-0.2, 0) is 17.9 Å². The molecule has 0 saturated carbocycles. The van der Waals surface area contributed by atoms with Gasteiger partial charge in [0.05, 0.1) is 19.8 Å². The van der Waals surface area contributed by atoms with Gasteiger partial charge in [0.25, 0.3) is 0 Å². The molecule has 0 aliphatic heterocycles. The number of methoxy groups -OCH3 is 2. The van der Waals surface area contributed by atoms with E-state index >= 15 is 0 Å². The van der Waals surface area contributed by atoms with Crippen molar-refractivity contribution in [1.29, 1.82) is 0 Å². The zero-order chi connectivity index (χ0) is 16.7. The van der Waals surface area contributed by atoms with Gasteiger partial charge in [-0.05, 0) is 37.6 Å². The fourth-order valence-corrected chi connectivity index (χ4v) is 2.34. The Labute approximate surface area is 138 Å². The lowest BCUT2D eigenvalue weighted by Gasteiger charge is -2.15. The zero-order valence-electron chi connectivity index (χ0n) is 14.3. The molecule has 2 rings (SSSR count). The molecule has 23 heavy (non-hydrogen) atoms. The van der Waals surface area contributed by atoms with Gasteiger partial charge in [-0.3, -0.25) is 0 Å². The fourth-order valence-electron chi connectivity index (χ4n) is 2.34. The number of hydrogen-bond acceptors (Lipinski definition) is 4. The van der Waals surface area contributed by atoms with Crippen molar-refractivity contribution in [3.05, 3.63) is 53.6 Å². The molecule has 0 bridgehead atoms. The second-order valence-electron chi connectivity index (χ2n) is 5.60. The molecule has 2 aromatic rings. The average Bonchev–Trinajstić information content (AvgIpc) is 2.55. The zero-order valence-corrected chi connectivity index (χ0v) is 14.3. The fraction of sp³-hybridized carbons (Fsp3) is 0.368. The molecule has 0 amide bonds. The van der Waals surface area contributed by atoms with Gasteiger partial charge in [0.15, 0.2) is 11.5 Å². The van der Waals surface area contributed by atoms with Crippen LogP contribution >= 0.6 is 0 Å². The highest BCUT2D eigenvalue weighted by atomic mass is 16.5. The third-order valence-corrected chi connectivity index (χ3v) is 3.39. The molecule has 4 nitrogen and oxygen atoms in total. The van der Waals surface area contributed by atoms with E-state index in [4.69, 9.17) is 14.2 Å². The molecule has 4 heteroatoms. The third kappa shape index (κ3) is 4.89. The second-order valence-corrected chi connectivity index (χ2v) is 5.60. The van der Waals surface area contributed by atoms with Crippen LogP contribution in [0.5, 0.6) is 11.5 Å². The minimum atomic E-state index is 0.119. The van der Waals surface area contributed by atoms with Crippen LogP contribution in [0.4, 0.5) is 5.69 Å². The topological polar surface area (TPSA) is 39.7 Å². The molecule has 0 unspecified atom stereocenters. The van der Waals surface area contributed by atoms with E-state index in [1.54, 1.807) is 14.2 Å². The first-order chi connectivity index (χ1) is 11.1. The Balaban J connectivity index is 2.09. The molecular formula is C19H25NO3. The highest BCUT2D eigenvalue weighted by molar-refractivity contribution is 5.52. The first-order valence-electron chi connectivity index (χ1n) is 7.78. The van der Waals surface area contributed by atoms with Crippen LogP contribution in [0.15, 0.2) is 42.5 Å². The van der Waals surface area contributed by atoms with Crippen molar-refractivity contribution in [2.75, 3.05) is 19.5 Å². The van der Waals surface area contributed by atoms with Crippen LogP contribution in [0.1, 0.15) is 25.0 Å². The van der Waals surface area contributed by atoms with Crippen molar-refractivity contribution in [2.45, 2.75) is 33.1 Å². The minimum Gasteiger partial charge on any atom is -0.493 e. The second kappa shape index (κ2) is 8.44. The van der Waals surface area contributed by atoms with Crippen LogP contribution in [-0.4, -0.2) is 20.3 Å².